The van der Waals surface area contributed by atoms with Gasteiger partial charge in [-0.25, -0.2) is 4.98 Å². The third-order valence-corrected chi connectivity index (χ3v) is 4.50. The van der Waals surface area contributed by atoms with Crippen molar-refractivity contribution in [2.75, 3.05) is 6.54 Å². The Bertz CT molecular complexity index is 763. The Morgan fingerprint density at radius 2 is 2.04 bits per heavy atom. The van der Waals surface area contributed by atoms with E-state index in [0.29, 0.717) is 23.6 Å². The van der Waals surface area contributed by atoms with Crippen LogP contribution in [0, 0.1) is 5.92 Å². The number of hydrogen-bond donors (Lipinski definition) is 2. The smallest absolute Gasteiger partial charge is 0.253 e. The van der Waals surface area contributed by atoms with Gasteiger partial charge < -0.3 is 15.2 Å². The predicted molar refractivity (Wildman–Crippen MR) is 107 cm³/mol. The number of rotatable bonds is 9. The van der Waals surface area contributed by atoms with E-state index in [1.807, 2.05) is 24.6 Å². The molecule has 0 bridgehead atoms. The van der Waals surface area contributed by atoms with Gasteiger partial charge >= 0.3 is 0 Å². The molecule has 1 heterocycles. The molecule has 0 aliphatic rings. The minimum absolute atomic E-state index is 0.201. The standard InChI is InChI=1S/C19H24Cl2N4O2/c1-13(2)10-17(19(27)23-6-3-8-25-9-7-22-12-25)24-18(26)15-5-4-14(20)11-16(15)21/h4-5,7,9,11-13,17H,3,6,8,10H2,1-2H3,(H,23,27)(H,24,26). The van der Waals surface area contributed by atoms with Gasteiger partial charge in [0.1, 0.15) is 6.04 Å². The molecule has 2 amide bonds. The van der Waals surface area contributed by atoms with Crippen molar-refractivity contribution in [2.24, 2.45) is 5.92 Å². The van der Waals surface area contributed by atoms with Crippen LogP contribution in [0.1, 0.15) is 37.0 Å². The van der Waals surface area contributed by atoms with Gasteiger partial charge in [-0.05, 0) is 37.0 Å². The highest BCUT2D eigenvalue weighted by Gasteiger charge is 2.23. The Kier molecular flexibility index (Phi) is 8.13. The van der Waals surface area contributed by atoms with Crippen LogP contribution in [0.2, 0.25) is 10.0 Å². The van der Waals surface area contributed by atoms with Gasteiger partial charge in [0.15, 0.2) is 0 Å². The maximum atomic E-state index is 12.5. The molecule has 0 saturated carbocycles. The van der Waals surface area contributed by atoms with Crippen LogP contribution in [-0.2, 0) is 11.3 Å². The maximum Gasteiger partial charge on any atom is 0.253 e. The van der Waals surface area contributed by atoms with Crippen molar-refractivity contribution in [3.63, 3.8) is 0 Å². The molecule has 0 aliphatic heterocycles. The summed E-state index contributed by atoms with van der Waals surface area (Å²) in [6.45, 7) is 5.28. The van der Waals surface area contributed by atoms with Crippen molar-refractivity contribution in [1.29, 1.82) is 0 Å². The molecule has 2 aromatic rings. The number of nitrogens with zero attached hydrogens (tertiary/aromatic N) is 2. The minimum atomic E-state index is -0.627. The quantitative estimate of drug-likeness (QED) is 0.620. The summed E-state index contributed by atoms with van der Waals surface area (Å²) in [6, 6.07) is 4.02. The van der Waals surface area contributed by atoms with Crippen LogP contribution in [0.5, 0.6) is 0 Å². The lowest BCUT2D eigenvalue weighted by atomic mass is 10.0. The van der Waals surface area contributed by atoms with Crippen LogP contribution in [0.3, 0.4) is 0 Å². The molecule has 6 nitrogen and oxygen atoms in total. The zero-order chi connectivity index (χ0) is 19.8. The highest BCUT2D eigenvalue weighted by Crippen LogP contribution is 2.21. The number of nitrogens with one attached hydrogen (secondary N) is 2. The van der Waals surface area contributed by atoms with Gasteiger partial charge in [0.2, 0.25) is 5.91 Å². The largest absolute Gasteiger partial charge is 0.354 e. The van der Waals surface area contributed by atoms with E-state index >= 15 is 0 Å². The SMILES string of the molecule is CC(C)CC(NC(=O)c1ccc(Cl)cc1Cl)C(=O)NCCCn1ccnc1. The average molecular weight is 411 g/mol. The zero-order valence-electron chi connectivity index (χ0n) is 15.4. The van der Waals surface area contributed by atoms with E-state index in [1.54, 1.807) is 24.7 Å². The van der Waals surface area contributed by atoms with Crippen LogP contribution in [-0.4, -0.2) is 34.0 Å². The number of hydrogen-bond acceptors (Lipinski definition) is 3. The molecule has 27 heavy (non-hydrogen) atoms. The van der Waals surface area contributed by atoms with Gasteiger partial charge in [0, 0.05) is 30.5 Å². The van der Waals surface area contributed by atoms with Crippen LogP contribution >= 0.6 is 23.2 Å². The minimum Gasteiger partial charge on any atom is -0.354 e. The van der Waals surface area contributed by atoms with Crippen molar-refractivity contribution in [1.82, 2.24) is 20.2 Å². The Morgan fingerprint density at radius 3 is 2.67 bits per heavy atom. The first-order valence-electron chi connectivity index (χ1n) is 8.86. The average Bonchev–Trinajstić information content (AvgIpc) is 3.10. The summed E-state index contributed by atoms with van der Waals surface area (Å²) in [5.74, 6) is -0.351. The molecule has 0 saturated heterocycles. The first-order valence-corrected chi connectivity index (χ1v) is 9.61. The Morgan fingerprint density at radius 1 is 1.26 bits per heavy atom. The summed E-state index contributed by atoms with van der Waals surface area (Å²) in [4.78, 5) is 29.1. The van der Waals surface area contributed by atoms with Gasteiger partial charge in [0.05, 0.1) is 16.9 Å². The highest BCUT2D eigenvalue weighted by molar-refractivity contribution is 6.36. The fraction of sp³-hybridized carbons (Fsp3) is 0.421. The third-order valence-electron chi connectivity index (χ3n) is 3.96. The topological polar surface area (TPSA) is 76.0 Å². The Labute approximate surface area is 169 Å². The molecule has 2 N–H and O–H groups in total. The molecule has 2 rings (SSSR count). The first kappa shape index (κ1) is 21.3. The number of benzene rings is 1. The van der Waals surface area contributed by atoms with Gasteiger partial charge in [-0.15, -0.1) is 0 Å². The Hall–Kier alpha value is -2.05. The predicted octanol–water partition coefficient (Wildman–Crippen LogP) is 3.54. The lowest BCUT2D eigenvalue weighted by molar-refractivity contribution is -0.123. The molecule has 146 valence electrons. The van der Waals surface area contributed by atoms with E-state index in [4.69, 9.17) is 23.2 Å². The summed E-state index contributed by atoms with van der Waals surface area (Å²) >= 11 is 12.0. The molecular formula is C19H24Cl2N4O2. The van der Waals surface area contributed by atoms with E-state index in [-0.39, 0.29) is 16.8 Å². The molecule has 0 spiro atoms. The number of halogens is 2. The fourth-order valence-corrected chi connectivity index (χ4v) is 3.12. The third kappa shape index (κ3) is 6.88. The van der Waals surface area contributed by atoms with Crippen molar-refractivity contribution >= 4 is 35.0 Å². The summed E-state index contributed by atoms with van der Waals surface area (Å²) in [5.41, 5.74) is 0.294. The number of carbonyl (C=O) groups excluding carboxylic acids is 2. The summed E-state index contributed by atoms with van der Waals surface area (Å²) in [7, 11) is 0. The molecule has 1 aromatic carbocycles. The molecule has 8 heteroatoms. The van der Waals surface area contributed by atoms with Gasteiger partial charge in [-0.3, -0.25) is 9.59 Å². The number of amides is 2. The number of imidazole rings is 1. The van der Waals surface area contributed by atoms with Crippen molar-refractivity contribution < 1.29 is 9.59 Å². The second-order valence-electron chi connectivity index (χ2n) is 6.72. The van der Waals surface area contributed by atoms with Gasteiger partial charge in [-0.1, -0.05) is 37.0 Å². The maximum absolute atomic E-state index is 12.5. The van der Waals surface area contributed by atoms with E-state index in [9.17, 15) is 9.59 Å². The molecule has 1 atom stereocenters. The monoisotopic (exact) mass is 410 g/mol. The normalized spacial score (nSPS) is 12.0. The van der Waals surface area contributed by atoms with Crippen molar-refractivity contribution in [3.05, 3.63) is 52.5 Å². The number of aryl methyl sites for hydroxylation is 1. The van der Waals surface area contributed by atoms with Crippen LogP contribution in [0.25, 0.3) is 0 Å². The summed E-state index contributed by atoms with van der Waals surface area (Å²) in [6.07, 6.45) is 6.63. The number of carbonyl (C=O) groups is 2. The highest BCUT2D eigenvalue weighted by atomic mass is 35.5. The van der Waals surface area contributed by atoms with Crippen LogP contribution in [0.4, 0.5) is 0 Å². The first-order chi connectivity index (χ1) is 12.9. The Balaban J connectivity index is 1.92. The van der Waals surface area contributed by atoms with Crippen molar-refractivity contribution in [3.8, 4) is 0 Å². The molecule has 0 aliphatic carbocycles. The second kappa shape index (κ2) is 10.3. The summed E-state index contributed by atoms with van der Waals surface area (Å²) < 4.78 is 1.95. The van der Waals surface area contributed by atoms with Crippen LogP contribution < -0.4 is 10.6 Å². The van der Waals surface area contributed by atoms with E-state index in [2.05, 4.69) is 15.6 Å². The van der Waals surface area contributed by atoms with E-state index in [1.165, 1.54) is 6.07 Å². The molecule has 0 fully saturated rings. The molecule has 0 radical (unpaired) electrons. The van der Waals surface area contributed by atoms with Gasteiger partial charge in [0.25, 0.3) is 5.91 Å². The fourth-order valence-electron chi connectivity index (χ4n) is 2.63. The molecule has 1 unspecified atom stereocenters. The van der Waals surface area contributed by atoms with E-state index in [0.717, 1.165) is 13.0 Å². The molecule has 1 aromatic heterocycles. The van der Waals surface area contributed by atoms with Gasteiger partial charge in [-0.2, -0.15) is 0 Å². The van der Waals surface area contributed by atoms with Crippen LogP contribution in [0.15, 0.2) is 36.9 Å². The lowest BCUT2D eigenvalue weighted by Gasteiger charge is -2.20. The zero-order valence-corrected chi connectivity index (χ0v) is 16.9. The second-order valence-corrected chi connectivity index (χ2v) is 7.57. The molecular weight excluding hydrogens is 387 g/mol. The lowest BCUT2D eigenvalue weighted by Crippen LogP contribution is -2.47. The van der Waals surface area contributed by atoms with Crippen molar-refractivity contribution in [2.45, 2.75) is 39.3 Å². The van der Waals surface area contributed by atoms with E-state index < -0.39 is 11.9 Å². The number of aromatic nitrogens is 2. The summed E-state index contributed by atoms with van der Waals surface area (Å²) in [5, 5.41) is 6.38.